The molecule has 6 heteroatoms. The van der Waals surface area contributed by atoms with Crippen LogP contribution in [0.2, 0.25) is 0 Å². The van der Waals surface area contributed by atoms with Crippen LogP contribution < -0.4 is 5.32 Å². The first-order chi connectivity index (χ1) is 9.70. The molecule has 0 spiro atoms. The van der Waals surface area contributed by atoms with Gasteiger partial charge in [-0.05, 0) is 47.0 Å². The first kappa shape index (κ1) is 18.6. The maximum Gasteiger partial charge on any atom is 0.244 e. The van der Waals surface area contributed by atoms with Gasteiger partial charge in [0.15, 0.2) is 0 Å². The lowest BCUT2D eigenvalue weighted by Gasteiger charge is -2.24. The lowest BCUT2D eigenvalue weighted by molar-refractivity contribution is 0.380. The van der Waals surface area contributed by atoms with E-state index < -0.39 is 10.0 Å². The molecule has 120 valence electrons. The topological polar surface area (TPSA) is 49.4 Å². The van der Waals surface area contributed by atoms with Crippen molar-refractivity contribution in [3.63, 3.8) is 0 Å². The highest BCUT2D eigenvalue weighted by molar-refractivity contribution is 9.10. The molecule has 1 N–H and O–H groups in total. The summed E-state index contributed by atoms with van der Waals surface area (Å²) in [5, 5.41) is 3.32. The van der Waals surface area contributed by atoms with E-state index in [1.807, 2.05) is 26.0 Å². The molecule has 4 nitrogen and oxygen atoms in total. The fourth-order valence-electron chi connectivity index (χ4n) is 1.83. The van der Waals surface area contributed by atoms with Crippen LogP contribution in [-0.4, -0.2) is 31.9 Å². The molecule has 1 rings (SSSR count). The van der Waals surface area contributed by atoms with E-state index in [1.165, 1.54) is 4.31 Å². The SMILES string of the molecule is CCC(C)N(C)S(=O)(=O)c1ccc(CNC(C)C)cc1Br. The molecule has 0 amide bonds. The van der Waals surface area contributed by atoms with Gasteiger partial charge in [0.1, 0.15) is 0 Å². The van der Waals surface area contributed by atoms with E-state index in [0.717, 1.165) is 18.5 Å². The zero-order valence-corrected chi connectivity index (χ0v) is 15.8. The quantitative estimate of drug-likeness (QED) is 0.793. The minimum atomic E-state index is -3.46. The van der Waals surface area contributed by atoms with Gasteiger partial charge in [-0.2, -0.15) is 4.31 Å². The largest absolute Gasteiger partial charge is 0.310 e. The number of hydrogen-bond acceptors (Lipinski definition) is 3. The van der Waals surface area contributed by atoms with E-state index in [2.05, 4.69) is 35.1 Å². The van der Waals surface area contributed by atoms with E-state index in [0.29, 0.717) is 15.4 Å². The van der Waals surface area contributed by atoms with Gasteiger partial charge in [0.25, 0.3) is 0 Å². The summed E-state index contributed by atoms with van der Waals surface area (Å²) in [5.41, 5.74) is 1.06. The van der Waals surface area contributed by atoms with Crippen molar-refractivity contribution in [1.29, 1.82) is 0 Å². The number of hydrogen-bond donors (Lipinski definition) is 1. The standard InChI is InChI=1S/C15H25BrN2O2S/c1-6-12(4)18(5)21(19,20)15-8-7-13(9-14(15)16)10-17-11(2)3/h7-9,11-12,17H,6,10H2,1-5H3. The highest BCUT2D eigenvalue weighted by atomic mass is 79.9. The average Bonchev–Trinajstić information content (AvgIpc) is 2.43. The monoisotopic (exact) mass is 376 g/mol. The molecule has 0 saturated carbocycles. The van der Waals surface area contributed by atoms with Crippen LogP contribution in [0.4, 0.5) is 0 Å². The Morgan fingerprint density at radius 3 is 2.38 bits per heavy atom. The fourth-order valence-corrected chi connectivity index (χ4v) is 4.35. The molecule has 1 aromatic rings. The van der Waals surface area contributed by atoms with Gasteiger partial charge in [-0.15, -0.1) is 0 Å². The summed E-state index contributed by atoms with van der Waals surface area (Å²) >= 11 is 3.40. The van der Waals surface area contributed by atoms with Gasteiger partial charge in [0, 0.05) is 30.1 Å². The second kappa shape index (κ2) is 7.72. The number of nitrogens with one attached hydrogen (secondary N) is 1. The zero-order chi connectivity index (χ0) is 16.2. The molecule has 0 aliphatic heterocycles. The van der Waals surface area contributed by atoms with Crippen LogP contribution in [0.1, 0.15) is 39.7 Å². The van der Waals surface area contributed by atoms with Crippen molar-refractivity contribution >= 4 is 26.0 Å². The van der Waals surface area contributed by atoms with Gasteiger partial charge >= 0.3 is 0 Å². The summed E-state index contributed by atoms with van der Waals surface area (Å²) in [6.07, 6.45) is 0.781. The number of nitrogens with zero attached hydrogens (tertiary/aromatic N) is 1. The molecule has 0 radical (unpaired) electrons. The van der Waals surface area contributed by atoms with Crippen LogP contribution in [-0.2, 0) is 16.6 Å². The Kier molecular flexibility index (Phi) is 6.84. The predicted molar refractivity (Wildman–Crippen MR) is 90.8 cm³/mol. The van der Waals surface area contributed by atoms with Crippen molar-refractivity contribution in [3.05, 3.63) is 28.2 Å². The summed E-state index contributed by atoms with van der Waals surface area (Å²) in [5.74, 6) is 0. The Hall–Kier alpha value is -0.430. The van der Waals surface area contributed by atoms with Crippen molar-refractivity contribution in [3.8, 4) is 0 Å². The fraction of sp³-hybridized carbons (Fsp3) is 0.600. The molecule has 0 heterocycles. The van der Waals surface area contributed by atoms with E-state index in [9.17, 15) is 8.42 Å². The lowest BCUT2D eigenvalue weighted by atomic mass is 10.2. The third-order valence-corrected chi connectivity index (χ3v) is 6.53. The Bertz CT molecular complexity index is 573. The predicted octanol–water partition coefficient (Wildman–Crippen LogP) is 3.37. The average molecular weight is 377 g/mol. The van der Waals surface area contributed by atoms with Crippen LogP contribution in [0.25, 0.3) is 0 Å². The van der Waals surface area contributed by atoms with Crippen molar-refractivity contribution in [2.24, 2.45) is 0 Å². The number of halogens is 1. The minimum absolute atomic E-state index is 0.0239. The van der Waals surface area contributed by atoms with Crippen molar-refractivity contribution in [1.82, 2.24) is 9.62 Å². The highest BCUT2D eigenvalue weighted by Gasteiger charge is 2.26. The molecular weight excluding hydrogens is 352 g/mol. The van der Waals surface area contributed by atoms with Crippen molar-refractivity contribution < 1.29 is 8.42 Å². The Morgan fingerprint density at radius 2 is 1.90 bits per heavy atom. The Balaban J connectivity index is 3.04. The molecule has 1 unspecified atom stereocenters. The van der Waals surface area contributed by atoms with Gasteiger partial charge < -0.3 is 5.32 Å². The Labute approximate surface area is 137 Å². The summed E-state index contributed by atoms with van der Waals surface area (Å²) in [7, 11) is -1.83. The van der Waals surface area contributed by atoms with Crippen LogP contribution in [0.5, 0.6) is 0 Å². The molecule has 0 aromatic heterocycles. The van der Waals surface area contributed by atoms with E-state index in [4.69, 9.17) is 0 Å². The summed E-state index contributed by atoms with van der Waals surface area (Å²) in [4.78, 5) is 0.318. The van der Waals surface area contributed by atoms with Gasteiger partial charge in [-0.1, -0.05) is 26.8 Å². The second-order valence-corrected chi connectivity index (χ2v) is 8.40. The molecule has 1 atom stereocenters. The van der Waals surface area contributed by atoms with Crippen LogP contribution in [0.15, 0.2) is 27.6 Å². The van der Waals surface area contributed by atoms with Gasteiger partial charge in [0.05, 0.1) is 4.90 Å². The molecular formula is C15H25BrN2O2S. The molecule has 0 aliphatic rings. The first-order valence-corrected chi connectivity index (χ1v) is 9.43. The first-order valence-electron chi connectivity index (χ1n) is 7.20. The molecule has 0 fully saturated rings. The van der Waals surface area contributed by atoms with Crippen molar-refractivity contribution in [2.75, 3.05) is 7.05 Å². The molecule has 0 bridgehead atoms. The smallest absolute Gasteiger partial charge is 0.244 e. The molecule has 1 aromatic carbocycles. The highest BCUT2D eigenvalue weighted by Crippen LogP contribution is 2.27. The third kappa shape index (κ3) is 4.77. The van der Waals surface area contributed by atoms with Gasteiger partial charge in [-0.25, -0.2) is 8.42 Å². The number of rotatable bonds is 7. The zero-order valence-electron chi connectivity index (χ0n) is 13.4. The maximum atomic E-state index is 12.6. The Morgan fingerprint density at radius 1 is 1.29 bits per heavy atom. The van der Waals surface area contributed by atoms with Crippen LogP contribution in [0, 0.1) is 0 Å². The number of benzene rings is 1. The van der Waals surface area contributed by atoms with Gasteiger partial charge in [-0.3, -0.25) is 0 Å². The van der Waals surface area contributed by atoms with Crippen LogP contribution >= 0.6 is 15.9 Å². The maximum absolute atomic E-state index is 12.6. The van der Waals surface area contributed by atoms with Crippen LogP contribution in [0.3, 0.4) is 0 Å². The number of sulfonamides is 1. The second-order valence-electron chi connectivity index (χ2n) is 5.58. The van der Waals surface area contributed by atoms with E-state index >= 15 is 0 Å². The van der Waals surface area contributed by atoms with E-state index in [-0.39, 0.29) is 6.04 Å². The van der Waals surface area contributed by atoms with Crippen molar-refractivity contribution in [2.45, 2.75) is 57.6 Å². The normalized spacial score (nSPS) is 13.9. The summed E-state index contributed by atoms with van der Waals surface area (Å²) in [6, 6.07) is 5.77. The minimum Gasteiger partial charge on any atom is -0.310 e. The lowest BCUT2D eigenvalue weighted by Crippen LogP contribution is -2.34. The summed E-state index contributed by atoms with van der Waals surface area (Å²) < 4.78 is 27.3. The summed E-state index contributed by atoms with van der Waals surface area (Å²) in [6.45, 7) is 8.76. The van der Waals surface area contributed by atoms with E-state index in [1.54, 1.807) is 13.1 Å². The molecule has 21 heavy (non-hydrogen) atoms. The van der Waals surface area contributed by atoms with Gasteiger partial charge in [0.2, 0.25) is 10.0 Å². The molecule has 0 saturated heterocycles. The third-order valence-electron chi connectivity index (χ3n) is 3.58. The molecule has 0 aliphatic carbocycles.